The third-order valence-corrected chi connectivity index (χ3v) is 6.32. The first-order chi connectivity index (χ1) is 17.1. The Bertz CT molecular complexity index is 1510. The van der Waals surface area contributed by atoms with E-state index in [4.69, 9.17) is 14.8 Å². The summed E-state index contributed by atoms with van der Waals surface area (Å²) in [5.41, 5.74) is 5.45. The number of para-hydroxylation sites is 3. The van der Waals surface area contributed by atoms with Gasteiger partial charge in [0, 0.05) is 5.56 Å². The molecule has 1 atom stereocenters. The summed E-state index contributed by atoms with van der Waals surface area (Å²) in [6, 6.07) is 24.2. The SMILES string of the molecule is COC(=O)c1ccc(C2c3c(C)nn(-c4ccccc4)c3N=C3C(=O)Nc4ccccc4N32)cc1. The monoisotopic (exact) mass is 463 g/mol. The van der Waals surface area contributed by atoms with Crippen LogP contribution in [0.4, 0.5) is 17.2 Å². The molecule has 1 N–H and O–H groups in total. The number of aryl methyl sites for hydroxylation is 1. The van der Waals surface area contributed by atoms with Crippen LogP contribution in [0.1, 0.15) is 33.2 Å². The summed E-state index contributed by atoms with van der Waals surface area (Å²) in [6.07, 6.45) is 0. The van der Waals surface area contributed by atoms with Crippen LogP contribution in [0.5, 0.6) is 0 Å². The van der Waals surface area contributed by atoms with Crippen LogP contribution in [0.25, 0.3) is 5.69 Å². The molecule has 0 spiro atoms. The number of nitrogens with zero attached hydrogens (tertiary/aromatic N) is 4. The third kappa shape index (κ3) is 3.22. The number of methoxy groups -OCH3 is 1. The predicted octanol–water partition coefficient (Wildman–Crippen LogP) is 4.56. The van der Waals surface area contributed by atoms with Crippen molar-refractivity contribution in [3.05, 3.63) is 101 Å². The molecule has 0 bridgehead atoms. The Morgan fingerprint density at radius 2 is 1.69 bits per heavy atom. The van der Waals surface area contributed by atoms with E-state index in [-0.39, 0.29) is 17.8 Å². The average Bonchev–Trinajstić information content (AvgIpc) is 3.24. The van der Waals surface area contributed by atoms with Crippen LogP contribution < -0.4 is 10.2 Å². The summed E-state index contributed by atoms with van der Waals surface area (Å²) in [6.45, 7) is 1.95. The molecule has 1 amide bonds. The van der Waals surface area contributed by atoms with Gasteiger partial charge in [0.15, 0.2) is 5.82 Å². The highest BCUT2D eigenvalue weighted by atomic mass is 16.5. The quantitative estimate of drug-likeness (QED) is 0.450. The number of aliphatic imine (C=N–C) groups is 1. The van der Waals surface area contributed by atoms with Gasteiger partial charge in [-0.25, -0.2) is 14.5 Å². The number of carbonyl (C=O) groups excluding carboxylic acids is 2. The van der Waals surface area contributed by atoms with E-state index in [1.54, 1.807) is 16.8 Å². The minimum atomic E-state index is -0.404. The molecule has 0 fully saturated rings. The molecule has 1 aromatic heterocycles. The lowest BCUT2D eigenvalue weighted by atomic mass is 9.92. The first-order valence-electron chi connectivity index (χ1n) is 11.2. The number of hydrogen-bond acceptors (Lipinski definition) is 6. The van der Waals surface area contributed by atoms with Crippen molar-refractivity contribution in [2.24, 2.45) is 4.99 Å². The average molecular weight is 463 g/mol. The number of fused-ring (bicyclic) bond motifs is 4. The first-order valence-corrected chi connectivity index (χ1v) is 11.2. The topological polar surface area (TPSA) is 88.8 Å². The molecule has 2 aliphatic heterocycles. The number of hydrogen-bond donors (Lipinski definition) is 1. The van der Waals surface area contributed by atoms with E-state index in [9.17, 15) is 9.59 Å². The fraction of sp³-hybridized carbons (Fsp3) is 0.111. The molecule has 2 aliphatic rings. The van der Waals surface area contributed by atoms with Gasteiger partial charge in [0.2, 0.25) is 5.84 Å². The van der Waals surface area contributed by atoms with Crippen molar-refractivity contribution < 1.29 is 14.3 Å². The Hall–Kier alpha value is -4.72. The number of amides is 1. The zero-order valence-electron chi connectivity index (χ0n) is 19.1. The van der Waals surface area contributed by atoms with Crippen molar-refractivity contribution in [1.82, 2.24) is 9.78 Å². The van der Waals surface area contributed by atoms with E-state index in [1.807, 2.05) is 78.6 Å². The molecule has 1 unspecified atom stereocenters. The molecule has 172 valence electrons. The molecule has 4 aromatic rings. The van der Waals surface area contributed by atoms with Gasteiger partial charge in [-0.1, -0.05) is 42.5 Å². The predicted molar refractivity (Wildman–Crippen MR) is 133 cm³/mol. The van der Waals surface area contributed by atoms with Crippen LogP contribution in [0.3, 0.4) is 0 Å². The molecule has 0 saturated heterocycles. The van der Waals surface area contributed by atoms with E-state index in [2.05, 4.69) is 5.32 Å². The zero-order chi connectivity index (χ0) is 24.1. The van der Waals surface area contributed by atoms with Crippen LogP contribution in [0.15, 0.2) is 83.9 Å². The summed E-state index contributed by atoms with van der Waals surface area (Å²) < 4.78 is 6.64. The van der Waals surface area contributed by atoms with Gasteiger partial charge in [0.25, 0.3) is 5.91 Å². The van der Waals surface area contributed by atoms with Gasteiger partial charge in [-0.2, -0.15) is 5.10 Å². The molecule has 0 saturated carbocycles. The molecule has 3 aromatic carbocycles. The standard InChI is InChI=1S/C27H21N5O3/c1-16-22-23(17-12-14-18(15-13-17)27(34)35-2)31-21-11-7-6-10-20(21)28-26(33)25(31)29-24(22)32(30-16)19-8-4-3-5-9-19/h3-15,23H,1-2H3,(H,28,33). The number of anilines is 2. The Morgan fingerprint density at radius 3 is 2.43 bits per heavy atom. The maximum atomic E-state index is 13.2. The second kappa shape index (κ2) is 7.95. The third-order valence-electron chi connectivity index (χ3n) is 6.32. The van der Waals surface area contributed by atoms with Gasteiger partial charge in [-0.3, -0.25) is 4.79 Å². The summed E-state index contributed by atoms with van der Waals surface area (Å²) >= 11 is 0. The van der Waals surface area contributed by atoms with E-state index in [1.165, 1.54) is 7.11 Å². The largest absolute Gasteiger partial charge is 0.465 e. The lowest BCUT2D eigenvalue weighted by molar-refractivity contribution is -0.110. The fourth-order valence-electron chi connectivity index (χ4n) is 4.73. The number of carbonyl (C=O) groups is 2. The second-order valence-corrected chi connectivity index (χ2v) is 8.36. The maximum absolute atomic E-state index is 13.2. The Balaban J connectivity index is 1.61. The van der Waals surface area contributed by atoms with E-state index in [0.29, 0.717) is 17.1 Å². The Morgan fingerprint density at radius 1 is 0.971 bits per heavy atom. The molecule has 0 radical (unpaired) electrons. The Kier molecular flexibility index (Phi) is 4.74. The van der Waals surface area contributed by atoms with Gasteiger partial charge in [0.1, 0.15) is 0 Å². The molecular weight excluding hydrogens is 442 g/mol. The second-order valence-electron chi connectivity index (χ2n) is 8.36. The molecule has 8 heteroatoms. The number of nitrogens with one attached hydrogen (secondary N) is 1. The van der Waals surface area contributed by atoms with Gasteiger partial charge < -0.3 is 15.0 Å². The summed E-state index contributed by atoms with van der Waals surface area (Å²) in [4.78, 5) is 32.1. The lowest BCUT2D eigenvalue weighted by Gasteiger charge is -2.40. The minimum Gasteiger partial charge on any atom is -0.465 e. The van der Waals surface area contributed by atoms with Crippen LogP contribution in [-0.2, 0) is 9.53 Å². The van der Waals surface area contributed by atoms with E-state index in [0.717, 1.165) is 28.2 Å². The van der Waals surface area contributed by atoms with Gasteiger partial charge >= 0.3 is 5.97 Å². The molecule has 35 heavy (non-hydrogen) atoms. The number of benzene rings is 3. The summed E-state index contributed by atoms with van der Waals surface area (Å²) in [5.74, 6) is 0.203. The first kappa shape index (κ1) is 20.9. The van der Waals surface area contributed by atoms with E-state index < -0.39 is 5.97 Å². The summed E-state index contributed by atoms with van der Waals surface area (Å²) in [7, 11) is 1.36. The number of ether oxygens (including phenoxy) is 1. The van der Waals surface area contributed by atoms with Gasteiger partial charge in [0.05, 0.1) is 41.5 Å². The zero-order valence-corrected chi connectivity index (χ0v) is 19.1. The van der Waals surface area contributed by atoms with Crippen molar-refractivity contribution in [2.45, 2.75) is 13.0 Å². The smallest absolute Gasteiger partial charge is 0.337 e. The van der Waals surface area contributed by atoms with Crippen molar-refractivity contribution >= 4 is 34.9 Å². The fourth-order valence-corrected chi connectivity index (χ4v) is 4.73. The van der Waals surface area contributed by atoms with Crippen molar-refractivity contribution in [3.63, 3.8) is 0 Å². The minimum absolute atomic E-state index is 0.287. The van der Waals surface area contributed by atoms with E-state index >= 15 is 0 Å². The van der Waals surface area contributed by atoms with Crippen LogP contribution >= 0.6 is 0 Å². The van der Waals surface area contributed by atoms with Gasteiger partial charge in [-0.15, -0.1) is 0 Å². The Labute approximate surface area is 201 Å². The highest BCUT2D eigenvalue weighted by Gasteiger charge is 2.42. The highest BCUT2D eigenvalue weighted by Crippen LogP contribution is 2.47. The number of amidine groups is 1. The molecule has 0 aliphatic carbocycles. The van der Waals surface area contributed by atoms with Crippen LogP contribution in [0, 0.1) is 6.92 Å². The number of aromatic nitrogens is 2. The van der Waals surface area contributed by atoms with Crippen molar-refractivity contribution in [2.75, 3.05) is 17.3 Å². The molecular formula is C27H21N5O3. The normalized spacial score (nSPS) is 15.9. The highest BCUT2D eigenvalue weighted by molar-refractivity contribution is 6.50. The number of esters is 1. The molecule has 8 nitrogen and oxygen atoms in total. The molecule has 3 heterocycles. The lowest BCUT2D eigenvalue weighted by Crippen LogP contribution is -2.48. The van der Waals surface area contributed by atoms with Gasteiger partial charge in [-0.05, 0) is 48.9 Å². The van der Waals surface area contributed by atoms with Crippen molar-refractivity contribution in [3.8, 4) is 5.69 Å². The number of rotatable bonds is 3. The van der Waals surface area contributed by atoms with Crippen molar-refractivity contribution in [1.29, 1.82) is 0 Å². The van der Waals surface area contributed by atoms with Crippen LogP contribution in [0.2, 0.25) is 0 Å². The molecule has 6 rings (SSSR count). The maximum Gasteiger partial charge on any atom is 0.337 e. The van der Waals surface area contributed by atoms with Crippen LogP contribution in [-0.4, -0.2) is 34.6 Å². The summed E-state index contributed by atoms with van der Waals surface area (Å²) in [5, 5.41) is 7.77.